The quantitative estimate of drug-likeness (QED) is 0.340. The lowest BCUT2D eigenvalue weighted by Crippen LogP contribution is -1.78. The van der Waals surface area contributed by atoms with Crippen molar-refractivity contribution >= 4 is 68.3 Å². The van der Waals surface area contributed by atoms with Crippen LogP contribution in [0.1, 0.15) is 5.56 Å². The van der Waals surface area contributed by atoms with Crippen LogP contribution in [-0.4, -0.2) is 0 Å². The summed E-state index contributed by atoms with van der Waals surface area (Å²) < 4.78 is 5.70. The fraction of sp³-hybridized carbons (Fsp3) is 0.0769. The van der Waals surface area contributed by atoms with Crippen molar-refractivity contribution in [1.29, 1.82) is 0 Å². The summed E-state index contributed by atoms with van der Waals surface area (Å²) >= 11 is 24.5. The van der Waals surface area contributed by atoms with Crippen molar-refractivity contribution in [2.75, 3.05) is 0 Å². The van der Waals surface area contributed by atoms with Gasteiger partial charge in [0.05, 0.1) is 20.5 Å². The molecule has 0 aliphatic heterocycles. The molecule has 0 spiro atoms. The topological polar surface area (TPSA) is 13.1 Å². The van der Waals surface area contributed by atoms with Gasteiger partial charge in [0, 0.05) is 5.39 Å². The molecule has 0 aliphatic rings. The maximum Gasteiger partial charge on any atom is 0.157 e. The molecule has 0 bridgehead atoms. The van der Waals surface area contributed by atoms with Crippen molar-refractivity contribution in [2.45, 2.75) is 6.92 Å². The van der Waals surface area contributed by atoms with Gasteiger partial charge in [-0.3, -0.25) is 0 Å². The van der Waals surface area contributed by atoms with E-state index >= 15 is 0 Å². The van der Waals surface area contributed by atoms with Gasteiger partial charge in [-0.05, 0) is 19.1 Å². The molecule has 0 aliphatic carbocycles. The fourth-order valence-electron chi connectivity index (χ4n) is 1.99. The highest BCUT2D eigenvalue weighted by Gasteiger charge is 2.20. The summed E-state index contributed by atoms with van der Waals surface area (Å²) in [6, 6.07) is 5.81. The normalized spacial score (nSPS) is 11.6. The Kier molecular flexibility index (Phi) is 2.91. The van der Waals surface area contributed by atoms with Crippen molar-refractivity contribution in [2.24, 2.45) is 0 Å². The summed E-state index contributed by atoms with van der Waals surface area (Å²) in [5.41, 5.74) is 2.28. The standard InChI is InChI=1S/C13H6Cl4O/c1-5-2-3-7-6(4-5)8-9(14)10(15)11(16)12(17)13(8)18-7/h2-4H,1H3. The first kappa shape index (κ1) is 12.4. The molecule has 0 radical (unpaired) electrons. The predicted octanol–water partition coefficient (Wildman–Crippen LogP) is 6.51. The number of furan rings is 1. The number of benzene rings is 2. The van der Waals surface area contributed by atoms with Crippen LogP contribution in [0.15, 0.2) is 22.6 Å². The lowest BCUT2D eigenvalue weighted by molar-refractivity contribution is 0.669. The summed E-state index contributed by atoms with van der Waals surface area (Å²) in [6.07, 6.45) is 0. The van der Waals surface area contributed by atoms with E-state index in [1.807, 2.05) is 25.1 Å². The summed E-state index contributed by atoms with van der Waals surface area (Å²) in [5.74, 6) is 0. The molecule has 3 aromatic rings. The average molecular weight is 320 g/mol. The molecule has 0 saturated carbocycles. The number of hydrogen-bond acceptors (Lipinski definition) is 1. The minimum atomic E-state index is 0.214. The first-order valence-corrected chi connectivity index (χ1v) is 6.66. The van der Waals surface area contributed by atoms with Gasteiger partial charge in [-0.25, -0.2) is 0 Å². The van der Waals surface area contributed by atoms with E-state index in [1.54, 1.807) is 0 Å². The Labute approximate surface area is 123 Å². The first-order chi connectivity index (χ1) is 8.50. The Hall–Kier alpha value is -0.600. The van der Waals surface area contributed by atoms with Crippen LogP contribution in [-0.2, 0) is 0 Å². The molecule has 0 amide bonds. The molecule has 5 heteroatoms. The first-order valence-electron chi connectivity index (χ1n) is 5.15. The van der Waals surface area contributed by atoms with E-state index in [2.05, 4.69) is 0 Å². The van der Waals surface area contributed by atoms with E-state index in [4.69, 9.17) is 50.8 Å². The van der Waals surface area contributed by atoms with Crippen LogP contribution in [0.4, 0.5) is 0 Å². The average Bonchev–Trinajstić information content (AvgIpc) is 2.72. The Morgan fingerprint density at radius 2 is 1.56 bits per heavy atom. The Bertz CT molecular complexity index is 789. The number of halogens is 4. The second-order valence-corrected chi connectivity index (χ2v) is 5.57. The van der Waals surface area contributed by atoms with Gasteiger partial charge in [-0.15, -0.1) is 0 Å². The molecule has 0 atom stereocenters. The maximum absolute atomic E-state index is 6.24. The highest BCUT2D eigenvalue weighted by molar-refractivity contribution is 6.55. The molecule has 1 aromatic heterocycles. The van der Waals surface area contributed by atoms with Crippen LogP contribution in [0.2, 0.25) is 20.1 Å². The van der Waals surface area contributed by atoms with Crippen molar-refractivity contribution in [3.05, 3.63) is 43.9 Å². The molecule has 0 N–H and O–H groups in total. The minimum Gasteiger partial charge on any atom is -0.454 e. The van der Waals surface area contributed by atoms with Gasteiger partial charge in [-0.1, -0.05) is 58.0 Å². The smallest absolute Gasteiger partial charge is 0.157 e. The second kappa shape index (κ2) is 4.21. The number of fused-ring (bicyclic) bond motifs is 3. The monoisotopic (exact) mass is 318 g/mol. The van der Waals surface area contributed by atoms with Gasteiger partial charge >= 0.3 is 0 Å². The zero-order valence-electron chi connectivity index (χ0n) is 9.15. The molecule has 0 fully saturated rings. The van der Waals surface area contributed by atoms with Crippen molar-refractivity contribution in [3.63, 3.8) is 0 Å². The largest absolute Gasteiger partial charge is 0.454 e. The van der Waals surface area contributed by atoms with Crippen LogP contribution in [0.3, 0.4) is 0 Å². The highest BCUT2D eigenvalue weighted by Crippen LogP contribution is 2.46. The lowest BCUT2D eigenvalue weighted by atomic mass is 10.1. The molecule has 1 nitrogen and oxygen atoms in total. The third-order valence-electron chi connectivity index (χ3n) is 2.84. The number of rotatable bonds is 0. The van der Waals surface area contributed by atoms with E-state index in [0.717, 1.165) is 10.9 Å². The van der Waals surface area contributed by atoms with Crippen LogP contribution in [0, 0.1) is 6.92 Å². The molecule has 0 unspecified atom stereocenters. The Morgan fingerprint density at radius 3 is 2.28 bits per heavy atom. The van der Waals surface area contributed by atoms with Crippen LogP contribution in [0.5, 0.6) is 0 Å². The van der Waals surface area contributed by atoms with Gasteiger partial charge in [0.25, 0.3) is 0 Å². The lowest BCUT2D eigenvalue weighted by Gasteiger charge is -2.03. The van der Waals surface area contributed by atoms with E-state index in [-0.39, 0.29) is 15.1 Å². The SMILES string of the molecule is Cc1ccc2oc3c(Cl)c(Cl)c(Cl)c(Cl)c3c2c1. The third kappa shape index (κ3) is 1.62. The van der Waals surface area contributed by atoms with E-state index in [0.29, 0.717) is 21.6 Å². The van der Waals surface area contributed by atoms with Gasteiger partial charge < -0.3 is 4.42 Å². The second-order valence-electron chi connectivity index (χ2n) is 4.06. The predicted molar refractivity (Wildman–Crippen MR) is 78.5 cm³/mol. The molecule has 1 heterocycles. The Morgan fingerprint density at radius 1 is 0.889 bits per heavy atom. The summed E-state index contributed by atoms with van der Waals surface area (Å²) in [7, 11) is 0. The molecule has 2 aromatic carbocycles. The fourth-order valence-corrected chi connectivity index (χ4v) is 2.96. The van der Waals surface area contributed by atoms with Crippen molar-refractivity contribution in [3.8, 4) is 0 Å². The molecular formula is C13H6Cl4O. The zero-order valence-corrected chi connectivity index (χ0v) is 12.2. The molecule has 18 heavy (non-hydrogen) atoms. The van der Waals surface area contributed by atoms with Gasteiger partial charge in [0.1, 0.15) is 10.6 Å². The van der Waals surface area contributed by atoms with Crippen LogP contribution >= 0.6 is 46.4 Å². The summed E-state index contributed by atoms with van der Waals surface area (Å²) in [4.78, 5) is 0. The van der Waals surface area contributed by atoms with Crippen molar-refractivity contribution < 1.29 is 4.42 Å². The third-order valence-corrected chi connectivity index (χ3v) is 4.63. The van der Waals surface area contributed by atoms with Gasteiger partial charge in [-0.2, -0.15) is 0 Å². The van der Waals surface area contributed by atoms with Crippen LogP contribution in [0.25, 0.3) is 21.9 Å². The van der Waals surface area contributed by atoms with Gasteiger partial charge in [0.15, 0.2) is 5.58 Å². The van der Waals surface area contributed by atoms with Gasteiger partial charge in [0.2, 0.25) is 0 Å². The summed E-state index contributed by atoms with van der Waals surface area (Å²) in [5, 5.41) is 2.71. The molecule has 3 rings (SSSR count). The van der Waals surface area contributed by atoms with Crippen LogP contribution < -0.4 is 0 Å². The zero-order chi connectivity index (χ0) is 13.0. The van der Waals surface area contributed by atoms with E-state index < -0.39 is 0 Å². The molecule has 0 saturated heterocycles. The Balaban J connectivity index is 2.64. The van der Waals surface area contributed by atoms with E-state index in [9.17, 15) is 0 Å². The molecule has 92 valence electrons. The van der Waals surface area contributed by atoms with Crippen molar-refractivity contribution in [1.82, 2.24) is 0 Å². The highest BCUT2D eigenvalue weighted by atomic mass is 35.5. The maximum atomic E-state index is 6.24. The molecular weight excluding hydrogens is 314 g/mol. The van der Waals surface area contributed by atoms with E-state index in [1.165, 1.54) is 0 Å². The minimum absolute atomic E-state index is 0.214. The number of hydrogen-bond donors (Lipinski definition) is 0. The summed E-state index contributed by atoms with van der Waals surface area (Å²) in [6.45, 7) is 1.99. The number of aryl methyl sites for hydroxylation is 1.